The second kappa shape index (κ2) is 8.53. The first-order valence-electron chi connectivity index (χ1n) is 8.33. The molecule has 1 heterocycles. The molecule has 2 N–H and O–H groups in total. The SMILES string of the molecule is CCCNCCNC(=O)c1cc(C)n(Cc2ccccc2)c1C. The fourth-order valence-corrected chi connectivity index (χ4v) is 2.70. The predicted molar refractivity (Wildman–Crippen MR) is 94.9 cm³/mol. The third-order valence-corrected chi connectivity index (χ3v) is 4.02. The zero-order valence-corrected chi connectivity index (χ0v) is 14.4. The lowest BCUT2D eigenvalue weighted by atomic mass is 10.2. The van der Waals surface area contributed by atoms with Crippen molar-refractivity contribution in [3.63, 3.8) is 0 Å². The summed E-state index contributed by atoms with van der Waals surface area (Å²) in [5.74, 6) is 0.00992. The van der Waals surface area contributed by atoms with Gasteiger partial charge in [-0.15, -0.1) is 0 Å². The van der Waals surface area contributed by atoms with E-state index in [9.17, 15) is 4.79 Å². The van der Waals surface area contributed by atoms with Gasteiger partial charge in [-0.1, -0.05) is 37.3 Å². The fourth-order valence-electron chi connectivity index (χ4n) is 2.70. The number of nitrogens with zero attached hydrogens (tertiary/aromatic N) is 1. The first-order chi connectivity index (χ1) is 11.1. The van der Waals surface area contributed by atoms with Crippen LogP contribution in [0.15, 0.2) is 36.4 Å². The molecule has 124 valence electrons. The number of hydrogen-bond donors (Lipinski definition) is 2. The van der Waals surface area contributed by atoms with Gasteiger partial charge in [0.15, 0.2) is 0 Å². The van der Waals surface area contributed by atoms with Gasteiger partial charge in [0.1, 0.15) is 0 Å². The largest absolute Gasteiger partial charge is 0.351 e. The molecule has 0 unspecified atom stereocenters. The molecule has 0 saturated heterocycles. The Balaban J connectivity index is 2.00. The predicted octanol–water partition coefficient (Wildman–Crippen LogP) is 2.88. The second-order valence-electron chi connectivity index (χ2n) is 5.86. The van der Waals surface area contributed by atoms with E-state index in [0.29, 0.717) is 6.54 Å². The molecule has 4 heteroatoms. The highest BCUT2D eigenvalue weighted by molar-refractivity contribution is 5.95. The van der Waals surface area contributed by atoms with E-state index in [1.807, 2.05) is 31.2 Å². The highest BCUT2D eigenvalue weighted by atomic mass is 16.1. The number of carbonyl (C=O) groups is 1. The standard InChI is InChI=1S/C19H27N3O/c1-4-10-20-11-12-21-19(23)18-13-15(2)22(16(18)3)14-17-8-6-5-7-9-17/h5-9,13,20H,4,10-12,14H2,1-3H3,(H,21,23). The van der Waals surface area contributed by atoms with Gasteiger partial charge in [0, 0.05) is 31.0 Å². The highest BCUT2D eigenvalue weighted by Gasteiger charge is 2.15. The Bertz CT molecular complexity index is 632. The summed E-state index contributed by atoms with van der Waals surface area (Å²) in [6.07, 6.45) is 1.11. The molecule has 0 radical (unpaired) electrons. The van der Waals surface area contributed by atoms with Crippen molar-refractivity contribution >= 4 is 5.91 Å². The fraction of sp³-hybridized carbons (Fsp3) is 0.421. The Labute approximate surface area is 138 Å². The highest BCUT2D eigenvalue weighted by Crippen LogP contribution is 2.17. The van der Waals surface area contributed by atoms with Gasteiger partial charge in [-0.05, 0) is 38.4 Å². The van der Waals surface area contributed by atoms with Gasteiger partial charge in [0.2, 0.25) is 0 Å². The number of rotatable bonds is 8. The Morgan fingerprint density at radius 1 is 1.09 bits per heavy atom. The van der Waals surface area contributed by atoms with Crippen LogP contribution in [0.3, 0.4) is 0 Å². The van der Waals surface area contributed by atoms with Crippen molar-refractivity contribution < 1.29 is 4.79 Å². The summed E-state index contributed by atoms with van der Waals surface area (Å²) in [7, 11) is 0. The van der Waals surface area contributed by atoms with Crippen molar-refractivity contribution in [1.29, 1.82) is 0 Å². The zero-order chi connectivity index (χ0) is 16.7. The van der Waals surface area contributed by atoms with Crippen LogP contribution in [0.25, 0.3) is 0 Å². The number of aromatic nitrogens is 1. The third kappa shape index (κ3) is 4.70. The van der Waals surface area contributed by atoms with Crippen molar-refractivity contribution in [2.24, 2.45) is 0 Å². The molecule has 0 bridgehead atoms. The van der Waals surface area contributed by atoms with E-state index in [1.165, 1.54) is 5.56 Å². The maximum absolute atomic E-state index is 12.4. The molecule has 0 aliphatic carbocycles. The number of aryl methyl sites for hydroxylation is 1. The minimum absolute atomic E-state index is 0.00992. The monoisotopic (exact) mass is 313 g/mol. The summed E-state index contributed by atoms with van der Waals surface area (Å²) in [6.45, 7) is 9.44. The molecular weight excluding hydrogens is 286 g/mol. The summed E-state index contributed by atoms with van der Waals surface area (Å²) < 4.78 is 2.19. The van der Waals surface area contributed by atoms with Gasteiger partial charge in [0.25, 0.3) is 5.91 Å². The van der Waals surface area contributed by atoms with Crippen LogP contribution < -0.4 is 10.6 Å². The number of carbonyl (C=O) groups excluding carboxylic acids is 1. The van der Waals surface area contributed by atoms with Crippen molar-refractivity contribution in [2.75, 3.05) is 19.6 Å². The maximum Gasteiger partial charge on any atom is 0.253 e. The molecule has 1 amide bonds. The van der Waals surface area contributed by atoms with E-state index in [0.717, 1.165) is 43.0 Å². The van der Waals surface area contributed by atoms with Gasteiger partial charge < -0.3 is 15.2 Å². The van der Waals surface area contributed by atoms with E-state index in [2.05, 4.69) is 41.2 Å². The van der Waals surface area contributed by atoms with Crippen LogP contribution in [-0.4, -0.2) is 30.1 Å². The molecule has 0 aliphatic rings. The molecule has 0 atom stereocenters. The lowest BCUT2D eigenvalue weighted by molar-refractivity contribution is 0.0953. The number of amides is 1. The molecule has 0 fully saturated rings. The third-order valence-electron chi connectivity index (χ3n) is 4.02. The summed E-state index contributed by atoms with van der Waals surface area (Å²) in [6, 6.07) is 12.3. The van der Waals surface area contributed by atoms with Gasteiger partial charge in [-0.25, -0.2) is 0 Å². The molecule has 23 heavy (non-hydrogen) atoms. The van der Waals surface area contributed by atoms with Gasteiger partial charge >= 0.3 is 0 Å². The average Bonchev–Trinajstić information content (AvgIpc) is 2.84. The molecule has 0 aliphatic heterocycles. The van der Waals surface area contributed by atoms with Gasteiger partial charge in [-0.2, -0.15) is 0 Å². The summed E-state index contributed by atoms with van der Waals surface area (Å²) in [5, 5.41) is 6.27. The van der Waals surface area contributed by atoms with Crippen LogP contribution in [-0.2, 0) is 6.54 Å². The van der Waals surface area contributed by atoms with E-state index >= 15 is 0 Å². The second-order valence-corrected chi connectivity index (χ2v) is 5.86. The number of hydrogen-bond acceptors (Lipinski definition) is 2. The number of benzene rings is 1. The smallest absolute Gasteiger partial charge is 0.253 e. The molecule has 2 rings (SSSR count). The minimum Gasteiger partial charge on any atom is -0.351 e. The lowest BCUT2D eigenvalue weighted by Crippen LogP contribution is -2.32. The van der Waals surface area contributed by atoms with Crippen molar-refractivity contribution in [2.45, 2.75) is 33.7 Å². The molecule has 1 aromatic heterocycles. The molecule has 1 aromatic carbocycles. The maximum atomic E-state index is 12.4. The Morgan fingerprint density at radius 2 is 1.83 bits per heavy atom. The van der Waals surface area contributed by atoms with E-state index in [-0.39, 0.29) is 5.91 Å². The first-order valence-corrected chi connectivity index (χ1v) is 8.33. The Kier molecular flexibility index (Phi) is 6.41. The lowest BCUT2D eigenvalue weighted by Gasteiger charge is -2.10. The Hall–Kier alpha value is -2.07. The minimum atomic E-state index is 0.00992. The summed E-state index contributed by atoms with van der Waals surface area (Å²) >= 11 is 0. The average molecular weight is 313 g/mol. The van der Waals surface area contributed by atoms with E-state index in [1.54, 1.807) is 0 Å². The molecule has 4 nitrogen and oxygen atoms in total. The van der Waals surface area contributed by atoms with Crippen LogP contribution in [0.4, 0.5) is 0 Å². The van der Waals surface area contributed by atoms with Crippen molar-refractivity contribution in [3.05, 3.63) is 58.9 Å². The number of nitrogens with one attached hydrogen (secondary N) is 2. The molecule has 2 aromatic rings. The normalized spacial score (nSPS) is 10.7. The topological polar surface area (TPSA) is 46.1 Å². The van der Waals surface area contributed by atoms with Crippen LogP contribution in [0, 0.1) is 13.8 Å². The molecule has 0 spiro atoms. The Morgan fingerprint density at radius 3 is 2.52 bits per heavy atom. The van der Waals surface area contributed by atoms with Crippen LogP contribution in [0.5, 0.6) is 0 Å². The van der Waals surface area contributed by atoms with Crippen molar-refractivity contribution in [1.82, 2.24) is 15.2 Å². The van der Waals surface area contributed by atoms with Crippen LogP contribution in [0.1, 0.15) is 40.7 Å². The first kappa shape index (κ1) is 17.3. The van der Waals surface area contributed by atoms with Crippen LogP contribution in [0.2, 0.25) is 0 Å². The van der Waals surface area contributed by atoms with E-state index in [4.69, 9.17) is 0 Å². The molecule has 0 saturated carbocycles. The van der Waals surface area contributed by atoms with E-state index < -0.39 is 0 Å². The zero-order valence-electron chi connectivity index (χ0n) is 14.4. The van der Waals surface area contributed by atoms with Gasteiger partial charge in [-0.3, -0.25) is 4.79 Å². The van der Waals surface area contributed by atoms with Crippen molar-refractivity contribution in [3.8, 4) is 0 Å². The molecular formula is C19H27N3O. The van der Waals surface area contributed by atoms with Crippen LogP contribution >= 0.6 is 0 Å². The van der Waals surface area contributed by atoms with Gasteiger partial charge in [0.05, 0.1) is 5.56 Å². The summed E-state index contributed by atoms with van der Waals surface area (Å²) in [4.78, 5) is 12.4. The quantitative estimate of drug-likeness (QED) is 0.736. The summed E-state index contributed by atoms with van der Waals surface area (Å²) in [5.41, 5.74) is 4.14.